The minimum absolute atomic E-state index is 0. The van der Waals surface area contributed by atoms with Crippen molar-refractivity contribution in [1.82, 2.24) is 20.5 Å². The predicted octanol–water partition coefficient (Wildman–Crippen LogP) is 3.50. The number of hydrogen-bond acceptors (Lipinski definition) is 4. The zero-order valence-corrected chi connectivity index (χ0v) is 19.0. The number of halogens is 1. The molecule has 2 N–H and O–H groups in total. The van der Waals surface area contributed by atoms with E-state index in [0.29, 0.717) is 0 Å². The molecule has 0 saturated carbocycles. The van der Waals surface area contributed by atoms with Crippen LogP contribution in [0.4, 0.5) is 0 Å². The van der Waals surface area contributed by atoms with Gasteiger partial charge in [-0.1, -0.05) is 13.8 Å². The molecule has 0 amide bonds. The van der Waals surface area contributed by atoms with Gasteiger partial charge in [-0.05, 0) is 57.7 Å². The molecule has 25 heavy (non-hydrogen) atoms. The van der Waals surface area contributed by atoms with Crippen molar-refractivity contribution in [1.29, 1.82) is 0 Å². The van der Waals surface area contributed by atoms with E-state index in [-0.39, 0.29) is 24.0 Å². The van der Waals surface area contributed by atoms with Crippen LogP contribution in [0.25, 0.3) is 0 Å². The van der Waals surface area contributed by atoms with Crippen LogP contribution < -0.4 is 10.6 Å². The molecule has 2 heterocycles. The normalized spacial score (nSPS) is 16.5. The maximum atomic E-state index is 4.43. The van der Waals surface area contributed by atoms with Gasteiger partial charge < -0.3 is 15.5 Å². The number of nitrogens with zero attached hydrogens (tertiary/aromatic N) is 3. The van der Waals surface area contributed by atoms with Crippen LogP contribution >= 0.6 is 35.3 Å². The summed E-state index contributed by atoms with van der Waals surface area (Å²) < 4.78 is 0. The number of hydrogen-bond donors (Lipinski definition) is 2. The molecule has 2 rings (SSSR count). The monoisotopic (exact) mass is 479 g/mol. The number of unbranched alkanes of at least 4 members (excludes halogenated alkanes) is 1. The predicted molar refractivity (Wildman–Crippen MR) is 119 cm³/mol. The number of piperidine rings is 1. The van der Waals surface area contributed by atoms with Gasteiger partial charge in [-0.3, -0.25) is 4.99 Å². The number of guanidine groups is 1. The summed E-state index contributed by atoms with van der Waals surface area (Å²) in [5.74, 6) is 1.79. The van der Waals surface area contributed by atoms with Gasteiger partial charge in [0.05, 0.1) is 6.54 Å². The second kappa shape index (κ2) is 12.9. The van der Waals surface area contributed by atoms with Gasteiger partial charge in [-0.15, -0.1) is 35.3 Å². The van der Waals surface area contributed by atoms with Crippen molar-refractivity contribution >= 4 is 41.3 Å². The number of aryl methyl sites for hydroxylation is 1. The van der Waals surface area contributed by atoms with E-state index in [1.54, 1.807) is 11.3 Å². The quantitative estimate of drug-likeness (QED) is 0.260. The zero-order chi connectivity index (χ0) is 17.2. The number of aliphatic imine (C=N–C) groups is 1. The Balaban J connectivity index is 0.00000312. The number of thiazole rings is 1. The summed E-state index contributed by atoms with van der Waals surface area (Å²) in [6.45, 7) is 10.1. The Kier molecular flexibility index (Phi) is 11.6. The van der Waals surface area contributed by atoms with E-state index in [0.717, 1.165) is 36.4 Å². The summed E-state index contributed by atoms with van der Waals surface area (Å²) in [6.07, 6.45) is 8.20. The molecule has 1 saturated heterocycles. The fourth-order valence-electron chi connectivity index (χ4n) is 2.93. The molecule has 0 bridgehead atoms. The molecule has 144 valence electrons. The van der Waals surface area contributed by atoms with Crippen molar-refractivity contribution < 1.29 is 0 Å². The van der Waals surface area contributed by atoms with E-state index < -0.39 is 0 Å². The third kappa shape index (κ3) is 8.68. The van der Waals surface area contributed by atoms with Crippen LogP contribution in [0.5, 0.6) is 0 Å². The number of likely N-dealkylation sites (tertiary alicyclic amines) is 1. The van der Waals surface area contributed by atoms with Crippen LogP contribution in [-0.4, -0.2) is 49.1 Å². The maximum Gasteiger partial charge on any atom is 0.191 e. The largest absolute Gasteiger partial charge is 0.356 e. The highest BCUT2D eigenvalue weighted by molar-refractivity contribution is 14.0. The summed E-state index contributed by atoms with van der Waals surface area (Å²) in [6, 6.07) is 0. The fourth-order valence-corrected chi connectivity index (χ4v) is 3.73. The highest BCUT2D eigenvalue weighted by Gasteiger charge is 2.14. The summed E-state index contributed by atoms with van der Waals surface area (Å²) in [5, 5.41) is 7.87. The SMILES string of the molecule is CCc1cnc(CNC(=NC)NCCCCN2CCC(C)CC2)s1.I. The molecule has 5 nitrogen and oxygen atoms in total. The molecule has 0 aromatic carbocycles. The van der Waals surface area contributed by atoms with Gasteiger partial charge in [0.25, 0.3) is 0 Å². The van der Waals surface area contributed by atoms with Crippen LogP contribution in [0.2, 0.25) is 0 Å². The number of nitrogens with one attached hydrogen (secondary N) is 2. The Morgan fingerprint density at radius 3 is 2.72 bits per heavy atom. The maximum absolute atomic E-state index is 4.43. The Hall–Kier alpha value is -0.410. The van der Waals surface area contributed by atoms with E-state index in [2.05, 4.69) is 39.4 Å². The fraction of sp³-hybridized carbons (Fsp3) is 0.778. The average Bonchev–Trinajstić information content (AvgIpc) is 3.07. The molecular formula is C18H34IN5S. The molecule has 1 aliphatic rings. The first-order valence-electron chi connectivity index (χ1n) is 9.31. The molecule has 1 fully saturated rings. The minimum atomic E-state index is 0. The Morgan fingerprint density at radius 1 is 1.32 bits per heavy atom. The molecule has 0 radical (unpaired) electrons. The van der Waals surface area contributed by atoms with E-state index in [1.807, 2.05) is 13.2 Å². The molecule has 0 atom stereocenters. The van der Waals surface area contributed by atoms with Gasteiger partial charge in [0.2, 0.25) is 0 Å². The van der Waals surface area contributed by atoms with Gasteiger partial charge in [0, 0.05) is 24.7 Å². The number of rotatable bonds is 8. The van der Waals surface area contributed by atoms with Gasteiger partial charge in [-0.25, -0.2) is 4.98 Å². The Morgan fingerprint density at radius 2 is 2.08 bits per heavy atom. The Labute approximate surface area is 174 Å². The molecule has 0 aliphatic carbocycles. The van der Waals surface area contributed by atoms with Crippen molar-refractivity contribution in [3.05, 3.63) is 16.1 Å². The van der Waals surface area contributed by atoms with Crippen molar-refractivity contribution in [2.24, 2.45) is 10.9 Å². The van der Waals surface area contributed by atoms with Crippen molar-refractivity contribution in [2.45, 2.75) is 52.5 Å². The first-order valence-corrected chi connectivity index (χ1v) is 10.1. The van der Waals surface area contributed by atoms with Crippen LogP contribution in [0.3, 0.4) is 0 Å². The molecule has 1 aromatic rings. The van der Waals surface area contributed by atoms with E-state index in [1.165, 1.54) is 50.2 Å². The lowest BCUT2D eigenvalue weighted by molar-refractivity contribution is 0.189. The summed E-state index contributed by atoms with van der Waals surface area (Å²) in [4.78, 5) is 12.7. The van der Waals surface area contributed by atoms with Gasteiger partial charge in [-0.2, -0.15) is 0 Å². The van der Waals surface area contributed by atoms with Crippen LogP contribution in [-0.2, 0) is 13.0 Å². The van der Waals surface area contributed by atoms with Gasteiger partial charge >= 0.3 is 0 Å². The molecule has 0 spiro atoms. The summed E-state index contributed by atoms with van der Waals surface area (Å²) >= 11 is 1.77. The summed E-state index contributed by atoms with van der Waals surface area (Å²) in [5.41, 5.74) is 0. The first-order chi connectivity index (χ1) is 11.7. The molecule has 1 aliphatic heterocycles. The molecule has 1 aromatic heterocycles. The van der Waals surface area contributed by atoms with Crippen LogP contribution in [0.1, 0.15) is 49.4 Å². The lowest BCUT2D eigenvalue weighted by Crippen LogP contribution is -2.38. The Bertz CT molecular complexity index is 497. The third-order valence-electron chi connectivity index (χ3n) is 4.65. The minimum Gasteiger partial charge on any atom is -0.356 e. The van der Waals surface area contributed by atoms with Crippen LogP contribution in [0, 0.1) is 5.92 Å². The molecule has 7 heteroatoms. The number of aromatic nitrogens is 1. The van der Waals surface area contributed by atoms with Crippen molar-refractivity contribution in [3.63, 3.8) is 0 Å². The second-order valence-electron chi connectivity index (χ2n) is 6.66. The lowest BCUT2D eigenvalue weighted by Gasteiger charge is -2.30. The van der Waals surface area contributed by atoms with Crippen molar-refractivity contribution in [3.8, 4) is 0 Å². The highest BCUT2D eigenvalue weighted by Crippen LogP contribution is 2.16. The van der Waals surface area contributed by atoms with Crippen molar-refractivity contribution in [2.75, 3.05) is 33.2 Å². The highest BCUT2D eigenvalue weighted by atomic mass is 127. The second-order valence-corrected chi connectivity index (χ2v) is 7.86. The average molecular weight is 479 g/mol. The first kappa shape index (κ1) is 22.6. The topological polar surface area (TPSA) is 52.6 Å². The summed E-state index contributed by atoms with van der Waals surface area (Å²) in [7, 11) is 1.82. The van der Waals surface area contributed by atoms with E-state index in [9.17, 15) is 0 Å². The van der Waals surface area contributed by atoms with E-state index in [4.69, 9.17) is 0 Å². The van der Waals surface area contributed by atoms with Gasteiger partial charge in [0.1, 0.15) is 5.01 Å². The van der Waals surface area contributed by atoms with E-state index >= 15 is 0 Å². The van der Waals surface area contributed by atoms with Gasteiger partial charge in [0.15, 0.2) is 5.96 Å². The molecule has 0 unspecified atom stereocenters. The smallest absolute Gasteiger partial charge is 0.191 e. The zero-order valence-electron chi connectivity index (χ0n) is 15.9. The lowest BCUT2D eigenvalue weighted by atomic mass is 9.99. The third-order valence-corrected chi connectivity index (χ3v) is 5.79. The molecular weight excluding hydrogens is 445 g/mol. The van der Waals surface area contributed by atoms with Crippen LogP contribution in [0.15, 0.2) is 11.2 Å². The standard InChI is InChI=1S/C18H33N5S.HI/c1-4-16-13-21-17(24-16)14-22-18(19-3)20-9-5-6-10-23-11-7-15(2)8-12-23;/h13,15H,4-12,14H2,1-3H3,(H2,19,20,22);1H.